The molecule has 0 heterocycles. The Kier molecular flexibility index (Phi) is 9.60. The zero-order valence-corrected chi connectivity index (χ0v) is 8.92. The van der Waals surface area contributed by atoms with Gasteiger partial charge in [0, 0.05) is 19.8 Å². The van der Waals surface area contributed by atoms with Crippen LogP contribution in [0.4, 0.5) is 0 Å². The SMILES string of the molecule is C=CB(CCOCC)OCCCC. The Morgan fingerprint density at radius 3 is 2.62 bits per heavy atom. The van der Waals surface area contributed by atoms with E-state index in [0.29, 0.717) is 0 Å². The highest BCUT2D eigenvalue weighted by molar-refractivity contribution is 6.57. The van der Waals surface area contributed by atoms with Crippen molar-refractivity contribution in [3.05, 3.63) is 12.6 Å². The van der Waals surface area contributed by atoms with Crippen LogP contribution in [0.2, 0.25) is 6.32 Å². The largest absolute Gasteiger partial charge is 0.431 e. The average Bonchev–Trinajstić information content (AvgIpc) is 2.16. The molecule has 0 unspecified atom stereocenters. The van der Waals surface area contributed by atoms with Crippen LogP contribution in [0, 0.1) is 0 Å². The summed E-state index contributed by atoms with van der Waals surface area (Å²) < 4.78 is 10.8. The number of rotatable bonds is 9. The predicted molar refractivity (Wildman–Crippen MR) is 58.1 cm³/mol. The Balaban J connectivity index is 3.34. The van der Waals surface area contributed by atoms with Gasteiger partial charge in [0.05, 0.1) is 0 Å². The summed E-state index contributed by atoms with van der Waals surface area (Å²) in [5.41, 5.74) is 0. The van der Waals surface area contributed by atoms with E-state index >= 15 is 0 Å². The third-order valence-electron chi connectivity index (χ3n) is 1.84. The quantitative estimate of drug-likeness (QED) is 0.405. The van der Waals surface area contributed by atoms with Gasteiger partial charge in [0.15, 0.2) is 0 Å². The molecule has 13 heavy (non-hydrogen) atoms. The molecule has 0 aliphatic carbocycles. The molecular weight excluding hydrogens is 163 g/mol. The van der Waals surface area contributed by atoms with Gasteiger partial charge in [-0.05, 0) is 19.7 Å². The molecule has 0 aliphatic rings. The molecule has 0 aliphatic heterocycles. The number of ether oxygens (including phenoxy) is 1. The second kappa shape index (κ2) is 9.81. The molecule has 0 saturated carbocycles. The molecule has 0 aromatic carbocycles. The van der Waals surface area contributed by atoms with Crippen LogP contribution in [0.15, 0.2) is 12.6 Å². The first kappa shape index (κ1) is 12.7. The Hall–Kier alpha value is -0.275. The summed E-state index contributed by atoms with van der Waals surface area (Å²) in [6.07, 6.45) is 3.22. The fraction of sp³-hybridized carbons (Fsp3) is 0.800. The van der Waals surface area contributed by atoms with Crippen LogP contribution in [0.1, 0.15) is 26.7 Å². The molecule has 0 radical (unpaired) electrons. The van der Waals surface area contributed by atoms with E-state index in [4.69, 9.17) is 9.39 Å². The molecule has 0 spiro atoms. The van der Waals surface area contributed by atoms with Crippen molar-refractivity contribution in [1.29, 1.82) is 0 Å². The van der Waals surface area contributed by atoms with E-state index in [-0.39, 0.29) is 6.92 Å². The van der Waals surface area contributed by atoms with Crippen molar-refractivity contribution >= 4 is 6.92 Å². The lowest BCUT2D eigenvalue weighted by Gasteiger charge is -2.09. The molecule has 3 heteroatoms. The molecule has 0 saturated heterocycles. The van der Waals surface area contributed by atoms with Crippen molar-refractivity contribution in [2.75, 3.05) is 19.8 Å². The Bertz CT molecular complexity index is 107. The smallest absolute Gasteiger partial charge is 0.320 e. The van der Waals surface area contributed by atoms with E-state index in [1.54, 1.807) is 0 Å². The van der Waals surface area contributed by atoms with Gasteiger partial charge >= 0.3 is 6.92 Å². The van der Waals surface area contributed by atoms with Gasteiger partial charge < -0.3 is 9.39 Å². The Labute approximate surface area is 82.4 Å². The van der Waals surface area contributed by atoms with Crippen molar-refractivity contribution in [3.63, 3.8) is 0 Å². The highest BCUT2D eigenvalue weighted by atomic mass is 16.5. The van der Waals surface area contributed by atoms with Crippen molar-refractivity contribution in [2.24, 2.45) is 0 Å². The van der Waals surface area contributed by atoms with Gasteiger partial charge in [-0.3, -0.25) is 0 Å². The lowest BCUT2D eigenvalue weighted by atomic mass is 9.65. The Morgan fingerprint density at radius 2 is 2.08 bits per heavy atom. The first-order chi connectivity index (χ1) is 6.35. The van der Waals surface area contributed by atoms with Crippen LogP contribution in [0.5, 0.6) is 0 Å². The van der Waals surface area contributed by atoms with Crippen molar-refractivity contribution in [3.8, 4) is 0 Å². The molecule has 0 aromatic rings. The fourth-order valence-electron chi connectivity index (χ4n) is 0.992. The third kappa shape index (κ3) is 8.07. The van der Waals surface area contributed by atoms with Crippen LogP contribution >= 0.6 is 0 Å². The highest BCUT2D eigenvalue weighted by Gasteiger charge is 2.09. The van der Waals surface area contributed by atoms with Crippen LogP contribution in [0.25, 0.3) is 0 Å². The molecular formula is C10H21BO2. The zero-order valence-electron chi connectivity index (χ0n) is 8.92. The van der Waals surface area contributed by atoms with Gasteiger partial charge in [-0.15, -0.1) is 6.58 Å². The van der Waals surface area contributed by atoms with Gasteiger partial charge in [-0.2, -0.15) is 0 Å². The van der Waals surface area contributed by atoms with Crippen molar-refractivity contribution in [2.45, 2.75) is 33.0 Å². The molecule has 0 rings (SSSR count). The summed E-state index contributed by atoms with van der Waals surface area (Å²) in [4.78, 5) is 0. The maximum absolute atomic E-state index is 5.58. The molecule has 76 valence electrons. The monoisotopic (exact) mass is 184 g/mol. The van der Waals surface area contributed by atoms with E-state index in [2.05, 4.69) is 13.5 Å². The molecule has 0 amide bonds. The highest BCUT2D eigenvalue weighted by Crippen LogP contribution is 1.99. The van der Waals surface area contributed by atoms with Gasteiger partial charge in [0.1, 0.15) is 0 Å². The van der Waals surface area contributed by atoms with Crippen molar-refractivity contribution < 1.29 is 9.39 Å². The minimum atomic E-state index is 0.165. The summed E-state index contributed by atoms with van der Waals surface area (Å²) in [7, 11) is 0. The first-order valence-electron chi connectivity index (χ1n) is 5.17. The second-order valence-electron chi connectivity index (χ2n) is 2.98. The lowest BCUT2D eigenvalue weighted by molar-refractivity contribution is 0.158. The van der Waals surface area contributed by atoms with Gasteiger partial charge in [-0.25, -0.2) is 0 Å². The minimum absolute atomic E-state index is 0.165. The number of hydrogen-bond acceptors (Lipinski definition) is 2. The second-order valence-corrected chi connectivity index (χ2v) is 2.98. The Morgan fingerprint density at radius 1 is 1.31 bits per heavy atom. The maximum atomic E-state index is 5.58. The number of unbranched alkanes of at least 4 members (excludes halogenated alkanes) is 1. The minimum Gasteiger partial charge on any atom is -0.431 e. The molecule has 0 atom stereocenters. The topological polar surface area (TPSA) is 18.5 Å². The summed E-state index contributed by atoms with van der Waals surface area (Å²) in [6, 6.07) is 0. The fourth-order valence-corrected chi connectivity index (χ4v) is 0.992. The van der Waals surface area contributed by atoms with Gasteiger partial charge in [0.2, 0.25) is 0 Å². The van der Waals surface area contributed by atoms with Gasteiger partial charge in [0.25, 0.3) is 0 Å². The maximum Gasteiger partial charge on any atom is 0.320 e. The van der Waals surface area contributed by atoms with Crippen LogP contribution < -0.4 is 0 Å². The van der Waals surface area contributed by atoms with E-state index in [0.717, 1.165) is 32.6 Å². The molecule has 0 fully saturated rings. The molecule has 0 aromatic heterocycles. The predicted octanol–water partition coefficient (Wildman–Crippen LogP) is 2.56. The molecule has 2 nitrogen and oxygen atoms in total. The van der Waals surface area contributed by atoms with E-state index in [1.165, 1.54) is 6.42 Å². The normalized spacial score (nSPS) is 10.0. The molecule has 0 bridgehead atoms. The third-order valence-corrected chi connectivity index (χ3v) is 1.84. The summed E-state index contributed by atoms with van der Waals surface area (Å²) in [6.45, 7) is 10.4. The summed E-state index contributed by atoms with van der Waals surface area (Å²) >= 11 is 0. The van der Waals surface area contributed by atoms with Crippen LogP contribution in [-0.4, -0.2) is 26.7 Å². The van der Waals surface area contributed by atoms with E-state index in [1.807, 2.05) is 12.9 Å². The summed E-state index contributed by atoms with van der Waals surface area (Å²) in [5, 5.41) is 0. The van der Waals surface area contributed by atoms with Crippen molar-refractivity contribution in [1.82, 2.24) is 0 Å². The lowest BCUT2D eigenvalue weighted by Crippen LogP contribution is -2.18. The number of hydrogen-bond donors (Lipinski definition) is 0. The van der Waals surface area contributed by atoms with E-state index < -0.39 is 0 Å². The molecule has 0 N–H and O–H groups in total. The standard InChI is InChI=1S/C10H21BO2/c1-4-7-9-13-11(5-2)8-10-12-6-3/h5H,2,4,6-10H2,1,3H3. The first-order valence-corrected chi connectivity index (χ1v) is 5.17. The summed E-state index contributed by atoms with van der Waals surface area (Å²) in [5.74, 6) is 1.86. The average molecular weight is 184 g/mol. The van der Waals surface area contributed by atoms with E-state index in [9.17, 15) is 0 Å². The van der Waals surface area contributed by atoms with Crippen LogP contribution in [0.3, 0.4) is 0 Å². The zero-order chi connectivity index (χ0) is 9.94. The van der Waals surface area contributed by atoms with Gasteiger partial charge in [-0.1, -0.05) is 19.3 Å². The van der Waals surface area contributed by atoms with Crippen LogP contribution in [-0.2, 0) is 9.39 Å².